The summed E-state index contributed by atoms with van der Waals surface area (Å²) in [5, 5.41) is 11.6. The van der Waals surface area contributed by atoms with E-state index in [1.54, 1.807) is 24.3 Å². The third kappa shape index (κ3) is 7.00. The second-order valence-electron chi connectivity index (χ2n) is 8.80. The van der Waals surface area contributed by atoms with Crippen molar-refractivity contribution in [1.29, 1.82) is 0 Å². The highest BCUT2D eigenvalue weighted by molar-refractivity contribution is 6.31. The number of alkyl halides is 3. The molecule has 5 rings (SSSR count). The molecule has 3 aromatic carbocycles. The minimum absolute atomic E-state index is 0.0458. The van der Waals surface area contributed by atoms with Crippen LogP contribution in [0.1, 0.15) is 26.5 Å². The number of hydrogen-bond donors (Lipinski definition) is 5. The standard InChI is InChI=1S/C28H19ClF3N7O4/c29-21-10-7-16(13-20(21)28(30,31)32)35-27(42)34-15-5-8-17(9-6-15)43-18-11-12-33-23(14-18)25(40)38-39-26(41)24-19-3-1-2-4-22(19)36-37-24/h1-14H,(H,36,37)(H,38,40)(H,39,41)(H2,34,35,42). The van der Waals surface area contributed by atoms with Gasteiger partial charge in [-0.05, 0) is 54.6 Å². The van der Waals surface area contributed by atoms with Crippen LogP contribution in [0.25, 0.3) is 10.9 Å². The summed E-state index contributed by atoms with van der Waals surface area (Å²) in [6, 6.07) is 18.2. The van der Waals surface area contributed by atoms with Crippen molar-refractivity contribution in [1.82, 2.24) is 26.0 Å². The van der Waals surface area contributed by atoms with Crippen LogP contribution >= 0.6 is 11.6 Å². The molecule has 0 spiro atoms. The maximum atomic E-state index is 13.1. The number of halogens is 4. The van der Waals surface area contributed by atoms with Crippen molar-refractivity contribution in [2.75, 3.05) is 10.6 Å². The maximum absolute atomic E-state index is 13.1. The number of nitrogens with zero attached hydrogens (tertiary/aromatic N) is 2. The van der Waals surface area contributed by atoms with E-state index in [-0.39, 0.29) is 22.8 Å². The average Bonchev–Trinajstić information content (AvgIpc) is 3.42. The first-order chi connectivity index (χ1) is 20.6. The van der Waals surface area contributed by atoms with Gasteiger partial charge in [0.2, 0.25) is 0 Å². The van der Waals surface area contributed by atoms with E-state index in [1.807, 2.05) is 0 Å². The van der Waals surface area contributed by atoms with Crippen molar-refractivity contribution >= 4 is 51.7 Å². The molecule has 0 aliphatic carbocycles. The highest BCUT2D eigenvalue weighted by Crippen LogP contribution is 2.36. The molecule has 11 nitrogen and oxygen atoms in total. The molecule has 0 saturated carbocycles. The van der Waals surface area contributed by atoms with Crippen molar-refractivity contribution in [3.05, 3.63) is 107 Å². The Morgan fingerprint density at radius 1 is 0.814 bits per heavy atom. The number of hydrogen-bond acceptors (Lipinski definition) is 6. The summed E-state index contributed by atoms with van der Waals surface area (Å²) in [5.74, 6) is -0.728. The number of benzene rings is 3. The van der Waals surface area contributed by atoms with Crippen molar-refractivity contribution in [2.45, 2.75) is 6.18 Å². The van der Waals surface area contributed by atoms with Gasteiger partial charge in [-0.25, -0.2) is 4.79 Å². The van der Waals surface area contributed by atoms with Crippen LogP contribution in [-0.2, 0) is 6.18 Å². The van der Waals surface area contributed by atoms with E-state index in [9.17, 15) is 27.6 Å². The second-order valence-corrected chi connectivity index (χ2v) is 9.21. The lowest BCUT2D eigenvalue weighted by atomic mass is 10.2. The number of aromatic nitrogens is 3. The predicted octanol–water partition coefficient (Wildman–Crippen LogP) is 6.14. The van der Waals surface area contributed by atoms with Crippen LogP contribution in [0.5, 0.6) is 11.5 Å². The molecule has 0 atom stereocenters. The molecule has 5 N–H and O–H groups in total. The van der Waals surface area contributed by atoms with Crippen molar-refractivity contribution in [2.24, 2.45) is 0 Å². The van der Waals surface area contributed by atoms with Gasteiger partial charge in [0.1, 0.15) is 17.2 Å². The first-order valence-electron chi connectivity index (χ1n) is 12.3. The van der Waals surface area contributed by atoms with Gasteiger partial charge >= 0.3 is 12.2 Å². The lowest BCUT2D eigenvalue weighted by molar-refractivity contribution is -0.137. The van der Waals surface area contributed by atoms with Gasteiger partial charge in [-0.2, -0.15) is 18.3 Å². The van der Waals surface area contributed by atoms with Crippen molar-refractivity contribution < 1.29 is 32.3 Å². The number of urea groups is 1. The number of para-hydroxylation sites is 1. The molecule has 2 aromatic heterocycles. The molecule has 5 aromatic rings. The zero-order chi connectivity index (χ0) is 30.6. The Balaban J connectivity index is 1.15. The summed E-state index contributed by atoms with van der Waals surface area (Å²) in [7, 11) is 0. The van der Waals surface area contributed by atoms with Crippen LogP contribution in [0, 0.1) is 0 Å². The number of carbonyl (C=O) groups excluding carboxylic acids is 3. The predicted molar refractivity (Wildman–Crippen MR) is 151 cm³/mol. The van der Waals surface area contributed by atoms with Gasteiger partial charge in [0.15, 0.2) is 5.69 Å². The molecule has 0 saturated heterocycles. The molecule has 2 heterocycles. The molecule has 15 heteroatoms. The molecule has 0 aliphatic rings. The number of pyridine rings is 1. The molecule has 0 unspecified atom stereocenters. The smallest absolute Gasteiger partial charge is 0.417 e. The SMILES string of the molecule is O=C(Nc1ccc(Oc2ccnc(C(=O)NNC(=O)c3n[nH]c4ccccc34)c2)cc1)Nc1ccc(Cl)c(C(F)(F)F)c1. The number of carbonyl (C=O) groups is 3. The monoisotopic (exact) mass is 609 g/mol. The summed E-state index contributed by atoms with van der Waals surface area (Å²) in [5.41, 5.74) is 4.46. The summed E-state index contributed by atoms with van der Waals surface area (Å²) in [4.78, 5) is 41.3. The summed E-state index contributed by atoms with van der Waals surface area (Å²) in [6.45, 7) is 0. The van der Waals surface area contributed by atoms with E-state index < -0.39 is 34.6 Å². The Morgan fingerprint density at radius 3 is 2.28 bits per heavy atom. The van der Waals surface area contributed by atoms with Gasteiger partial charge in [0.25, 0.3) is 11.8 Å². The fourth-order valence-electron chi connectivity index (χ4n) is 3.83. The van der Waals surface area contributed by atoms with E-state index in [4.69, 9.17) is 16.3 Å². The number of rotatable bonds is 6. The lowest BCUT2D eigenvalue weighted by Crippen LogP contribution is -2.42. The van der Waals surface area contributed by atoms with Crippen LogP contribution in [0.4, 0.5) is 29.3 Å². The molecule has 43 heavy (non-hydrogen) atoms. The largest absolute Gasteiger partial charge is 0.457 e. The van der Waals surface area contributed by atoms with Crippen LogP contribution in [-0.4, -0.2) is 33.0 Å². The maximum Gasteiger partial charge on any atom is 0.417 e. The van der Waals surface area contributed by atoms with Crippen molar-refractivity contribution in [3.8, 4) is 11.5 Å². The molecule has 0 radical (unpaired) electrons. The third-order valence-corrected chi connectivity index (χ3v) is 6.15. The van der Waals surface area contributed by atoms with Crippen molar-refractivity contribution in [3.63, 3.8) is 0 Å². The number of amides is 4. The molecule has 0 fully saturated rings. The highest BCUT2D eigenvalue weighted by atomic mass is 35.5. The lowest BCUT2D eigenvalue weighted by Gasteiger charge is -2.12. The number of hydrazine groups is 1. The minimum Gasteiger partial charge on any atom is -0.457 e. The molecule has 4 amide bonds. The fourth-order valence-corrected chi connectivity index (χ4v) is 4.05. The number of aromatic amines is 1. The van der Waals surface area contributed by atoms with Gasteiger partial charge in [-0.1, -0.05) is 29.8 Å². The molecular formula is C28H19ClF3N7O4. The van der Waals surface area contributed by atoms with Gasteiger partial charge in [0.05, 0.1) is 16.1 Å². The Kier molecular flexibility index (Phi) is 8.11. The first kappa shape index (κ1) is 28.9. The number of anilines is 2. The quantitative estimate of drug-likeness (QED) is 0.146. The van der Waals surface area contributed by atoms with Gasteiger partial charge in [-0.3, -0.25) is 30.5 Å². The van der Waals surface area contributed by atoms with Crippen LogP contribution in [0.15, 0.2) is 85.1 Å². The molecule has 218 valence electrons. The Hall–Kier alpha value is -5.63. The number of ether oxygens (including phenoxy) is 1. The Morgan fingerprint density at radius 2 is 1.51 bits per heavy atom. The topological polar surface area (TPSA) is 150 Å². The normalized spacial score (nSPS) is 11.1. The highest BCUT2D eigenvalue weighted by Gasteiger charge is 2.33. The summed E-state index contributed by atoms with van der Waals surface area (Å²) < 4.78 is 44.9. The van der Waals surface area contributed by atoms with Gasteiger partial charge in [0, 0.05) is 29.0 Å². The average molecular weight is 610 g/mol. The van der Waals surface area contributed by atoms with E-state index in [1.165, 1.54) is 48.7 Å². The number of nitrogens with one attached hydrogen (secondary N) is 5. The fraction of sp³-hybridized carbons (Fsp3) is 0.0357. The molecule has 0 bridgehead atoms. The van der Waals surface area contributed by atoms with E-state index >= 15 is 0 Å². The zero-order valence-corrected chi connectivity index (χ0v) is 22.4. The minimum atomic E-state index is -4.67. The van der Waals surface area contributed by atoms with Crippen LogP contribution in [0.2, 0.25) is 5.02 Å². The third-order valence-electron chi connectivity index (χ3n) is 5.82. The van der Waals surface area contributed by atoms with Crippen LogP contribution < -0.4 is 26.2 Å². The first-order valence-corrected chi connectivity index (χ1v) is 12.7. The summed E-state index contributed by atoms with van der Waals surface area (Å²) >= 11 is 5.60. The van der Waals surface area contributed by atoms with Gasteiger partial charge in [-0.15, -0.1) is 0 Å². The van der Waals surface area contributed by atoms with E-state index in [0.717, 1.165) is 12.1 Å². The number of H-pyrrole nitrogens is 1. The van der Waals surface area contributed by atoms with Crippen LogP contribution in [0.3, 0.4) is 0 Å². The summed E-state index contributed by atoms with van der Waals surface area (Å²) in [6.07, 6.45) is -3.33. The van der Waals surface area contributed by atoms with E-state index in [2.05, 4.69) is 36.7 Å². The Bertz CT molecular complexity index is 1830. The molecular weight excluding hydrogens is 591 g/mol. The molecule has 0 aliphatic heterocycles. The zero-order valence-electron chi connectivity index (χ0n) is 21.6. The van der Waals surface area contributed by atoms with E-state index in [0.29, 0.717) is 22.3 Å². The van der Waals surface area contributed by atoms with Gasteiger partial charge < -0.3 is 15.4 Å². The Labute approximate surface area is 245 Å². The second kappa shape index (κ2) is 12.1. The number of fused-ring (bicyclic) bond motifs is 1.